The standard InChI is InChI=1S/C27H36N2O2/c1-31-27(30)26(23-12-5-3-6-13-23)29-19-18-21(20-29)10-4-2-7-14-24-17-16-22-11-8-9-15-25(22)28-24/h3,5-6,12-13,16-17,21,26H,2,4,7-11,14-15,18-20H2,1H3/t21-,26?/m1/s1. The van der Waals surface area contributed by atoms with E-state index < -0.39 is 0 Å². The van der Waals surface area contributed by atoms with E-state index in [1.54, 1.807) is 0 Å². The first-order valence-corrected chi connectivity index (χ1v) is 12.1. The SMILES string of the molecule is COC(=O)C(c1ccccc1)N1CC[C@@H](CCCCCc2ccc3c(n2)CCCC3)C1. The third-order valence-electron chi connectivity index (χ3n) is 7.00. The van der Waals surface area contributed by atoms with Gasteiger partial charge in [0, 0.05) is 17.9 Å². The summed E-state index contributed by atoms with van der Waals surface area (Å²) in [6.45, 7) is 1.96. The molecule has 1 aliphatic carbocycles. The molecule has 166 valence electrons. The molecule has 0 bridgehead atoms. The van der Waals surface area contributed by atoms with Crippen molar-refractivity contribution in [1.29, 1.82) is 0 Å². The lowest BCUT2D eigenvalue weighted by Gasteiger charge is -2.26. The van der Waals surface area contributed by atoms with Crippen LogP contribution in [0.1, 0.15) is 73.5 Å². The predicted molar refractivity (Wildman–Crippen MR) is 124 cm³/mol. The number of fused-ring (bicyclic) bond motifs is 1. The molecule has 1 aromatic carbocycles. The van der Waals surface area contributed by atoms with Crippen molar-refractivity contribution in [3.05, 3.63) is 65.0 Å². The van der Waals surface area contributed by atoms with Crippen LogP contribution >= 0.6 is 0 Å². The number of benzene rings is 1. The van der Waals surface area contributed by atoms with Crippen LogP contribution in [0, 0.1) is 5.92 Å². The minimum atomic E-state index is -0.272. The summed E-state index contributed by atoms with van der Waals surface area (Å²) < 4.78 is 5.12. The van der Waals surface area contributed by atoms with Crippen LogP contribution in [0.5, 0.6) is 0 Å². The number of likely N-dealkylation sites (tertiary alicyclic amines) is 1. The van der Waals surface area contributed by atoms with Crippen LogP contribution in [0.15, 0.2) is 42.5 Å². The van der Waals surface area contributed by atoms with E-state index >= 15 is 0 Å². The van der Waals surface area contributed by atoms with Crippen molar-refractivity contribution in [2.75, 3.05) is 20.2 Å². The van der Waals surface area contributed by atoms with Gasteiger partial charge in [-0.2, -0.15) is 0 Å². The van der Waals surface area contributed by atoms with E-state index in [9.17, 15) is 4.79 Å². The number of hydrogen-bond donors (Lipinski definition) is 0. The first-order chi connectivity index (χ1) is 15.2. The molecule has 1 fully saturated rings. The number of rotatable bonds is 9. The van der Waals surface area contributed by atoms with E-state index in [4.69, 9.17) is 9.72 Å². The molecule has 0 radical (unpaired) electrons. The number of hydrogen-bond acceptors (Lipinski definition) is 4. The van der Waals surface area contributed by atoms with Gasteiger partial charge in [-0.25, -0.2) is 4.79 Å². The van der Waals surface area contributed by atoms with Crippen LogP contribution in [-0.2, 0) is 28.8 Å². The van der Waals surface area contributed by atoms with Crippen molar-refractivity contribution in [3.8, 4) is 0 Å². The third-order valence-corrected chi connectivity index (χ3v) is 7.00. The highest BCUT2D eigenvalue weighted by molar-refractivity contribution is 5.77. The summed E-state index contributed by atoms with van der Waals surface area (Å²) in [5.74, 6) is 0.530. The number of methoxy groups -OCH3 is 1. The molecule has 0 saturated carbocycles. The molecule has 31 heavy (non-hydrogen) atoms. The Labute approximate surface area is 187 Å². The van der Waals surface area contributed by atoms with Crippen LogP contribution in [0.25, 0.3) is 0 Å². The fraction of sp³-hybridized carbons (Fsp3) is 0.556. The van der Waals surface area contributed by atoms with Gasteiger partial charge in [0.15, 0.2) is 0 Å². The van der Waals surface area contributed by atoms with Gasteiger partial charge in [0.25, 0.3) is 0 Å². The molecular weight excluding hydrogens is 384 g/mol. The molecule has 2 aliphatic rings. The minimum Gasteiger partial charge on any atom is -0.468 e. The highest BCUT2D eigenvalue weighted by Crippen LogP contribution is 2.31. The molecule has 4 nitrogen and oxygen atoms in total. The molecule has 2 atom stereocenters. The van der Waals surface area contributed by atoms with Gasteiger partial charge in [-0.05, 0) is 81.0 Å². The van der Waals surface area contributed by atoms with Gasteiger partial charge >= 0.3 is 5.97 Å². The minimum absolute atomic E-state index is 0.149. The van der Waals surface area contributed by atoms with Crippen LogP contribution in [-0.4, -0.2) is 36.1 Å². The van der Waals surface area contributed by atoms with E-state index in [2.05, 4.69) is 17.0 Å². The first kappa shape index (κ1) is 22.0. The lowest BCUT2D eigenvalue weighted by atomic mass is 9.95. The molecule has 0 amide bonds. The maximum absolute atomic E-state index is 12.5. The van der Waals surface area contributed by atoms with Gasteiger partial charge in [0.05, 0.1) is 7.11 Å². The van der Waals surface area contributed by atoms with Crippen molar-refractivity contribution in [1.82, 2.24) is 9.88 Å². The molecule has 1 saturated heterocycles. The molecule has 0 N–H and O–H groups in total. The van der Waals surface area contributed by atoms with E-state index in [-0.39, 0.29) is 12.0 Å². The maximum atomic E-state index is 12.5. The highest BCUT2D eigenvalue weighted by Gasteiger charge is 2.33. The van der Waals surface area contributed by atoms with E-state index in [1.807, 2.05) is 30.3 Å². The summed E-state index contributed by atoms with van der Waals surface area (Å²) in [6.07, 6.45) is 12.2. The normalized spacial score (nSPS) is 19.7. The summed E-state index contributed by atoms with van der Waals surface area (Å²) in [4.78, 5) is 19.7. The Morgan fingerprint density at radius 2 is 1.94 bits per heavy atom. The number of carbonyl (C=O) groups excluding carboxylic acids is 1. The molecule has 1 aromatic heterocycles. The Kier molecular flexibility index (Phi) is 7.74. The third kappa shape index (κ3) is 5.74. The predicted octanol–water partition coefficient (Wildman–Crippen LogP) is 5.30. The zero-order valence-corrected chi connectivity index (χ0v) is 18.9. The van der Waals surface area contributed by atoms with Crippen molar-refractivity contribution in [3.63, 3.8) is 0 Å². The summed E-state index contributed by atoms with van der Waals surface area (Å²) in [7, 11) is 1.49. The molecule has 1 aliphatic heterocycles. The van der Waals surface area contributed by atoms with Crippen molar-refractivity contribution in [2.24, 2.45) is 5.92 Å². The molecule has 4 rings (SSSR count). The molecule has 4 heteroatoms. The number of pyridine rings is 1. The maximum Gasteiger partial charge on any atom is 0.327 e. The number of aromatic nitrogens is 1. The molecular formula is C27H36N2O2. The van der Waals surface area contributed by atoms with Gasteiger partial charge in [-0.3, -0.25) is 9.88 Å². The Bertz CT molecular complexity index is 852. The largest absolute Gasteiger partial charge is 0.468 e. The van der Waals surface area contributed by atoms with Crippen LogP contribution in [0.2, 0.25) is 0 Å². The topological polar surface area (TPSA) is 42.4 Å². The zero-order chi connectivity index (χ0) is 21.5. The second-order valence-corrected chi connectivity index (χ2v) is 9.20. The van der Waals surface area contributed by atoms with Gasteiger partial charge in [-0.1, -0.05) is 49.2 Å². The van der Waals surface area contributed by atoms with Gasteiger partial charge < -0.3 is 4.74 Å². The lowest BCUT2D eigenvalue weighted by molar-refractivity contribution is -0.147. The summed E-state index contributed by atoms with van der Waals surface area (Å²) in [6, 6.07) is 14.3. The molecule has 0 spiro atoms. The van der Waals surface area contributed by atoms with Crippen molar-refractivity contribution in [2.45, 2.75) is 70.3 Å². The highest BCUT2D eigenvalue weighted by atomic mass is 16.5. The monoisotopic (exact) mass is 420 g/mol. The second-order valence-electron chi connectivity index (χ2n) is 9.20. The first-order valence-electron chi connectivity index (χ1n) is 12.1. The Morgan fingerprint density at radius 1 is 1.10 bits per heavy atom. The number of ether oxygens (including phenoxy) is 1. The molecule has 1 unspecified atom stereocenters. The van der Waals surface area contributed by atoms with Crippen LogP contribution in [0.4, 0.5) is 0 Å². The quantitative estimate of drug-likeness (QED) is 0.408. The van der Waals surface area contributed by atoms with Crippen molar-refractivity contribution < 1.29 is 9.53 Å². The number of unbranched alkanes of at least 4 members (excludes halogenated alkanes) is 2. The number of nitrogens with zero attached hydrogens (tertiary/aromatic N) is 2. The fourth-order valence-electron chi connectivity index (χ4n) is 5.26. The number of esters is 1. The number of aryl methyl sites for hydroxylation is 3. The molecule has 2 aromatic rings. The Morgan fingerprint density at radius 3 is 2.77 bits per heavy atom. The van der Waals surface area contributed by atoms with Gasteiger partial charge in [0.1, 0.15) is 6.04 Å². The number of carbonyl (C=O) groups is 1. The fourth-order valence-corrected chi connectivity index (χ4v) is 5.26. The lowest BCUT2D eigenvalue weighted by Crippen LogP contribution is -2.33. The van der Waals surface area contributed by atoms with E-state index in [1.165, 1.54) is 75.4 Å². The average molecular weight is 421 g/mol. The average Bonchev–Trinajstić information content (AvgIpc) is 3.27. The van der Waals surface area contributed by atoms with Gasteiger partial charge in [-0.15, -0.1) is 0 Å². The van der Waals surface area contributed by atoms with Gasteiger partial charge in [0.2, 0.25) is 0 Å². The van der Waals surface area contributed by atoms with Crippen molar-refractivity contribution >= 4 is 5.97 Å². The smallest absolute Gasteiger partial charge is 0.327 e. The summed E-state index contributed by atoms with van der Waals surface area (Å²) in [5, 5.41) is 0. The summed E-state index contributed by atoms with van der Waals surface area (Å²) in [5.41, 5.74) is 5.14. The van der Waals surface area contributed by atoms with E-state index in [0.717, 1.165) is 31.5 Å². The Hall–Kier alpha value is -2.20. The van der Waals surface area contributed by atoms with Crippen LogP contribution < -0.4 is 0 Å². The second kappa shape index (κ2) is 10.9. The zero-order valence-electron chi connectivity index (χ0n) is 18.9. The molecule has 2 heterocycles. The summed E-state index contributed by atoms with van der Waals surface area (Å²) >= 11 is 0. The van der Waals surface area contributed by atoms with Crippen LogP contribution in [0.3, 0.4) is 0 Å². The Balaban J connectivity index is 1.20. The van der Waals surface area contributed by atoms with E-state index in [0.29, 0.717) is 5.92 Å².